The second-order valence-electron chi connectivity index (χ2n) is 3.86. The molecule has 1 aromatic heterocycles. The SMILES string of the molecule is CCOC(=O)c1nn[nH]c1Oc1cccc(C#CSP(I)I)c1. The number of nitrogens with zero attached hydrogens (tertiary/aromatic N) is 2. The molecule has 0 atom stereocenters. The van der Waals surface area contributed by atoms with Crippen molar-refractivity contribution in [2.24, 2.45) is 0 Å². The van der Waals surface area contributed by atoms with E-state index in [1.165, 1.54) is 0 Å². The number of ether oxygens (including phenoxy) is 2. The molecule has 23 heavy (non-hydrogen) atoms. The summed E-state index contributed by atoms with van der Waals surface area (Å²) in [5, 5.41) is 12.9. The molecule has 0 saturated heterocycles. The van der Waals surface area contributed by atoms with Crippen LogP contribution in [0.5, 0.6) is 11.6 Å². The van der Waals surface area contributed by atoms with Crippen LogP contribution < -0.4 is 4.74 Å². The van der Waals surface area contributed by atoms with E-state index in [4.69, 9.17) is 9.47 Å². The van der Waals surface area contributed by atoms with Gasteiger partial charge in [0.05, 0.1) is 9.02 Å². The minimum Gasteiger partial charge on any atom is -0.461 e. The average Bonchev–Trinajstić information content (AvgIpc) is 2.96. The van der Waals surface area contributed by atoms with Crippen molar-refractivity contribution < 1.29 is 14.3 Å². The van der Waals surface area contributed by atoms with Crippen LogP contribution >= 0.6 is 57.9 Å². The van der Waals surface area contributed by atoms with Crippen molar-refractivity contribution in [3.05, 3.63) is 35.5 Å². The van der Waals surface area contributed by atoms with E-state index < -0.39 is 5.97 Å². The molecule has 120 valence electrons. The number of carbonyl (C=O) groups is 1. The number of aromatic amines is 1. The lowest BCUT2D eigenvalue weighted by Crippen LogP contribution is -2.06. The molecular weight excluding hydrogens is 563 g/mol. The van der Waals surface area contributed by atoms with Crippen LogP contribution in [0.25, 0.3) is 0 Å². The molecular formula is C13H10I2N3O3PS. The van der Waals surface area contributed by atoms with Crippen LogP contribution in [0.15, 0.2) is 24.3 Å². The Balaban J connectivity index is 2.13. The molecule has 2 aromatic rings. The van der Waals surface area contributed by atoms with Crippen LogP contribution in [0, 0.1) is 11.2 Å². The van der Waals surface area contributed by atoms with Crippen molar-refractivity contribution in [1.29, 1.82) is 0 Å². The lowest BCUT2D eigenvalue weighted by molar-refractivity contribution is 0.0516. The Morgan fingerprint density at radius 1 is 1.48 bits per heavy atom. The Kier molecular flexibility index (Phi) is 7.88. The Bertz CT molecular complexity index is 745. The number of aromatic nitrogens is 3. The third kappa shape index (κ3) is 6.10. The first-order valence-corrected chi connectivity index (χ1v) is 14.6. The van der Waals surface area contributed by atoms with Gasteiger partial charge in [0.2, 0.25) is 5.69 Å². The molecule has 0 unspecified atom stereocenters. The molecule has 0 bridgehead atoms. The number of benzene rings is 1. The van der Waals surface area contributed by atoms with E-state index in [1.807, 2.05) is 12.1 Å². The molecule has 0 fully saturated rings. The minimum atomic E-state index is -0.582. The lowest BCUT2D eigenvalue weighted by atomic mass is 10.2. The maximum Gasteiger partial charge on any atom is 0.364 e. The molecule has 1 aromatic carbocycles. The standard InChI is InChI=1S/C13H10I2N3O3PS/c1-2-20-13(19)11-12(17-18-16-11)21-10-5-3-4-9(8-10)6-7-23-22(14)15/h3-5,8H,2H2,1H3,(H,16,17,18). The second kappa shape index (κ2) is 9.66. The van der Waals surface area contributed by atoms with E-state index in [1.54, 1.807) is 30.4 Å². The van der Waals surface area contributed by atoms with Crippen LogP contribution in [-0.2, 0) is 4.74 Å². The van der Waals surface area contributed by atoms with E-state index in [0.29, 0.717) is 5.75 Å². The highest BCUT2D eigenvalue weighted by atomic mass is 127. The van der Waals surface area contributed by atoms with Gasteiger partial charge in [-0.05, 0) is 85.8 Å². The number of rotatable bonds is 5. The maximum absolute atomic E-state index is 11.7. The van der Waals surface area contributed by atoms with Gasteiger partial charge in [0, 0.05) is 5.56 Å². The molecule has 0 aliphatic heterocycles. The molecule has 0 saturated carbocycles. The van der Waals surface area contributed by atoms with E-state index in [0.717, 1.165) is 5.56 Å². The summed E-state index contributed by atoms with van der Waals surface area (Å²) in [4.78, 5) is 11.7. The van der Waals surface area contributed by atoms with E-state index in [2.05, 4.69) is 70.7 Å². The quantitative estimate of drug-likeness (QED) is 0.237. The fourth-order valence-corrected chi connectivity index (χ4v) is 3.84. The third-order valence-corrected chi connectivity index (χ3v) is 6.91. The molecule has 0 spiro atoms. The van der Waals surface area contributed by atoms with Gasteiger partial charge in [-0.1, -0.05) is 17.2 Å². The highest BCUT2D eigenvalue weighted by molar-refractivity contribution is 14.3. The molecule has 2 rings (SSSR count). The van der Waals surface area contributed by atoms with Gasteiger partial charge in [0.15, 0.2) is 0 Å². The summed E-state index contributed by atoms with van der Waals surface area (Å²) in [6.07, 6.45) is 0. The molecule has 1 N–H and O–H groups in total. The zero-order valence-electron chi connectivity index (χ0n) is 11.7. The largest absolute Gasteiger partial charge is 0.461 e. The average molecular weight is 573 g/mol. The molecule has 1 heterocycles. The molecule has 0 radical (unpaired) electrons. The Hall–Kier alpha value is -0.570. The first-order chi connectivity index (χ1) is 11.1. The lowest BCUT2D eigenvalue weighted by Gasteiger charge is -2.04. The van der Waals surface area contributed by atoms with Gasteiger partial charge in [-0.15, -0.1) is 5.10 Å². The predicted molar refractivity (Wildman–Crippen MR) is 108 cm³/mol. The highest BCUT2D eigenvalue weighted by Crippen LogP contribution is 2.64. The first-order valence-electron chi connectivity index (χ1n) is 6.26. The normalized spacial score (nSPS) is 10.1. The molecule has 10 heteroatoms. The van der Waals surface area contributed by atoms with Crippen molar-refractivity contribution in [3.63, 3.8) is 0 Å². The fraction of sp³-hybridized carbons (Fsp3) is 0.154. The summed E-state index contributed by atoms with van der Waals surface area (Å²) < 4.78 is 10.4. The summed E-state index contributed by atoms with van der Waals surface area (Å²) in [7, 11) is 0. The van der Waals surface area contributed by atoms with Crippen molar-refractivity contribution in [2.75, 3.05) is 6.61 Å². The predicted octanol–water partition coefficient (Wildman–Crippen LogP) is 4.91. The van der Waals surface area contributed by atoms with Gasteiger partial charge in [-0.2, -0.15) is 0 Å². The van der Waals surface area contributed by atoms with Gasteiger partial charge in [-0.25, -0.2) is 9.89 Å². The summed E-state index contributed by atoms with van der Waals surface area (Å²) in [6, 6.07) is 7.26. The van der Waals surface area contributed by atoms with E-state index in [-0.39, 0.29) is 20.6 Å². The van der Waals surface area contributed by atoms with Gasteiger partial charge >= 0.3 is 5.97 Å². The summed E-state index contributed by atoms with van der Waals surface area (Å²) in [5.74, 6) is 3.15. The third-order valence-electron chi connectivity index (χ3n) is 2.35. The molecule has 0 aliphatic carbocycles. The fourth-order valence-electron chi connectivity index (χ4n) is 1.49. The van der Waals surface area contributed by atoms with Gasteiger partial charge in [-0.3, -0.25) is 0 Å². The van der Waals surface area contributed by atoms with Crippen LogP contribution in [0.2, 0.25) is 0 Å². The molecule has 6 nitrogen and oxygen atoms in total. The first kappa shape index (κ1) is 18.8. The van der Waals surface area contributed by atoms with E-state index in [9.17, 15) is 4.79 Å². The zero-order chi connectivity index (χ0) is 16.7. The number of hydrogen-bond donors (Lipinski definition) is 1. The van der Waals surface area contributed by atoms with Crippen LogP contribution in [0.4, 0.5) is 0 Å². The van der Waals surface area contributed by atoms with Crippen LogP contribution in [-0.4, -0.2) is 28.0 Å². The number of H-pyrrole nitrogens is 1. The number of hydrogen-bond acceptors (Lipinski definition) is 6. The minimum absolute atomic E-state index is 0.0133. The van der Waals surface area contributed by atoms with Crippen molar-refractivity contribution in [1.82, 2.24) is 15.4 Å². The highest BCUT2D eigenvalue weighted by Gasteiger charge is 2.19. The monoisotopic (exact) mass is 573 g/mol. The Labute approximate surface area is 164 Å². The summed E-state index contributed by atoms with van der Waals surface area (Å²) >= 11 is 6.29. The summed E-state index contributed by atoms with van der Waals surface area (Å²) in [6.45, 7) is 1.97. The van der Waals surface area contributed by atoms with Gasteiger partial charge < -0.3 is 9.47 Å². The molecule has 0 aliphatic rings. The number of esters is 1. The van der Waals surface area contributed by atoms with Crippen molar-refractivity contribution >= 4 is 63.8 Å². The topological polar surface area (TPSA) is 77.1 Å². The summed E-state index contributed by atoms with van der Waals surface area (Å²) in [5.41, 5.74) is 0.837. The van der Waals surface area contributed by atoms with E-state index >= 15 is 0 Å². The second-order valence-corrected chi connectivity index (χ2v) is 21.5. The zero-order valence-corrected chi connectivity index (χ0v) is 17.8. The molecule has 0 amide bonds. The number of halogens is 2. The van der Waals surface area contributed by atoms with Crippen molar-refractivity contribution in [3.8, 4) is 22.8 Å². The number of carbonyl (C=O) groups excluding carboxylic acids is 1. The van der Waals surface area contributed by atoms with Crippen molar-refractivity contribution in [2.45, 2.75) is 6.92 Å². The van der Waals surface area contributed by atoms with Crippen LogP contribution in [0.1, 0.15) is 23.0 Å². The maximum atomic E-state index is 11.7. The Morgan fingerprint density at radius 2 is 2.30 bits per heavy atom. The van der Waals surface area contributed by atoms with Gasteiger partial charge in [0.25, 0.3) is 5.88 Å². The smallest absolute Gasteiger partial charge is 0.364 e. The van der Waals surface area contributed by atoms with Gasteiger partial charge in [0.1, 0.15) is 5.75 Å². The number of nitrogens with one attached hydrogen (secondary N) is 1. The Morgan fingerprint density at radius 3 is 3.04 bits per heavy atom. The van der Waals surface area contributed by atoms with Crippen LogP contribution in [0.3, 0.4) is 0 Å².